The molecule has 9 nitrogen and oxygen atoms in total. The minimum Gasteiger partial charge on any atom is -0.370 e. The zero-order valence-corrected chi connectivity index (χ0v) is 17.7. The maximum atomic E-state index is 13.0. The van der Waals surface area contributed by atoms with Gasteiger partial charge in [0.15, 0.2) is 10.6 Å². The van der Waals surface area contributed by atoms with Crippen LogP contribution in [-0.4, -0.2) is 39.0 Å². The standard InChI is InChI=1S/C19H20N6O3S2/c1-11(25-16(23-24-19(25)29)14-7-4-10-30-14)17(27)22-13-6-3-2-5-12(13)18(28)21-9-8-15(20)26/h2-7,10-11H,8-9H2,1H3,(H2,20,26)(H,21,28)(H,22,27)(H,24,29). The number of nitrogens with two attached hydrogens (primary N) is 1. The van der Waals surface area contributed by atoms with Crippen molar-refractivity contribution >= 4 is 47.0 Å². The number of amides is 3. The number of carbonyl (C=O) groups is 3. The Morgan fingerprint density at radius 3 is 2.73 bits per heavy atom. The summed E-state index contributed by atoms with van der Waals surface area (Å²) < 4.78 is 1.95. The number of benzene rings is 1. The molecule has 1 aromatic carbocycles. The Morgan fingerprint density at radius 1 is 1.27 bits per heavy atom. The van der Waals surface area contributed by atoms with Crippen LogP contribution in [-0.2, 0) is 9.59 Å². The van der Waals surface area contributed by atoms with E-state index in [0.717, 1.165) is 4.88 Å². The van der Waals surface area contributed by atoms with Gasteiger partial charge in [0.2, 0.25) is 11.8 Å². The van der Waals surface area contributed by atoms with Crippen molar-refractivity contribution in [2.75, 3.05) is 11.9 Å². The lowest BCUT2D eigenvalue weighted by atomic mass is 10.1. The van der Waals surface area contributed by atoms with Crippen LogP contribution in [0.1, 0.15) is 29.7 Å². The van der Waals surface area contributed by atoms with Crippen molar-refractivity contribution in [1.82, 2.24) is 20.1 Å². The Hall–Kier alpha value is -3.31. The lowest BCUT2D eigenvalue weighted by molar-refractivity contribution is -0.119. The van der Waals surface area contributed by atoms with E-state index in [2.05, 4.69) is 20.8 Å². The molecule has 156 valence electrons. The second-order valence-electron chi connectivity index (χ2n) is 6.38. The molecule has 1 atom stereocenters. The molecule has 5 N–H and O–H groups in total. The Morgan fingerprint density at radius 2 is 2.03 bits per heavy atom. The summed E-state index contributed by atoms with van der Waals surface area (Å²) in [6, 6.07) is 9.70. The van der Waals surface area contributed by atoms with Crippen molar-refractivity contribution in [3.8, 4) is 10.7 Å². The number of carbonyl (C=O) groups excluding carboxylic acids is 3. The van der Waals surface area contributed by atoms with E-state index in [0.29, 0.717) is 16.3 Å². The molecule has 0 saturated heterocycles. The molecule has 0 saturated carbocycles. The molecule has 3 rings (SSSR count). The van der Waals surface area contributed by atoms with E-state index in [1.807, 2.05) is 17.5 Å². The molecule has 3 aromatic rings. The molecule has 11 heteroatoms. The minimum absolute atomic E-state index is 0.0293. The van der Waals surface area contributed by atoms with Crippen LogP contribution < -0.4 is 16.4 Å². The lowest BCUT2D eigenvalue weighted by Crippen LogP contribution is -2.30. The van der Waals surface area contributed by atoms with Crippen LogP contribution in [0.5, 0.6) is 0 Å². The van der Waals surface area contributed by atoms with Crippen LogP contribution in [0.4, 0.5) is 5.69 Å². The van der Waals surface area contributed by atoms with Gasteiger partial charge in [0.05, 0.1) is 16.1 Å². The van der Waals surface area contributed by atoms with Crippen LogP contribution in [0, 0.1) is 4.77 Å². The maximum absolute atomic E-state index is 13.0. The van der Waals surface area contributed by atoms with Gasteiger partial charge in [-0.05, 0) is 42.7 Å². The Kier molecular flexibility index (Phi) is 6.75. The first-order chi connectivity index (χ1) is 14.4. The number of aromatic nitrogens is 3. The fourth-order valence-electron chi connectivity index (χ4n) is 2.78. The van der Waals surface area contributed by atoms with Gasteiger partial charge in [0.1, 0.15) is 6.04 Å². The Balaban J connectivity index is 1.79. The summed E-state index contributed by atoms with van der Waals surface area (Å²) in [5.74, 6) is -0.721. The summed E-state index contributed by atoms with van der Waals surface area (Å²) in [6.45, 7) is 1.81. The van der Waals surface area contributed by atoms with Gasteiger partial charge >= 0.3 is 0 Å². The molecule has 0 bridgehead atoms. The largest absolute Gasteiger partial charge is 0.370 e. The van der Waals surface area contributed by atoms with Crippen LogP contribution in [0.25, 0.3) is 10.7 Å². The predicted molar refractivity (Wildman–Crippen MR) is 117 cm³/mol. The number of para-hydroxylation sites is 1. The predicted octanol–water partition coefficient (Wildman–Crippen LogP) is 2.47. The van der Waals surface area contributed by atoms with E-state index in [1.165, 1.54) is 11.3 Å². The molecular weight excluding hydrogens is 424 g/mol. The fourth-order valence-corrected chi connectivity index (χ4v) is 3.78. The highest BCUT2D eigenvalue weighted by molar-refractivity contribution is 7.71. The number of nitrogens with zero attached hydrogens (tertiary/aromatic N) is 2. The van der Waals surface area contributed by atoms with E-state index in [1.54, 1.807) is 35.8 Å². The van der Waals surface area contributed by atoms with E-state index in [4.69, 9.17) is 18.0 Å². The monoisotopic (exact) mass is 444 g/mol. The molecule has 1 unspecified atom stereocenters. The zero-order chi connectivity index (χ0) is 21.7. The van der Waals surface area contributed by atoms with Crippen molar-refractivity contribution in [2.45, 2.75) is 19.4 Å². The van der Waals surface area contributed by atoms with Crippen molar-refractivity contribution in [2.24, 2.45) is 5.73 Å². The Bertz CT molecular complexity index is 1120. The highest BCUT2D eigenvalue weighted by atomic mass is 32.1. The molecule has 30 heavy (non-hydrogen) atoms. The molecule has 0 radical (unpaired) electrons. The minimum atomic E-state index is -0.681. The topological polar surface area (TPSA) is 135 Å². The zero-order valence-electron chi connectivity index (χ0n) is 16.0. The van der Waals surface area contributed by atoms with Crippen molar-refractivity contribution < 1.29 is 14.4 Å². The number of rotatable bonds is 8. The van der Waals surface area contributed by atoms with Gasteiger partial charge in [0, 0.05) is 13.0 Å². The number of hydrogen-bond acceptors (Lipinski definition) is 6. The normalized spacial score (nSPS) is 11.6. The molecule has 3 amide bonds. The second kappa shape index (κ2) is 9.46. The summed E-state index contributed by atoms with van der Waals surface area (Å²) in [5, 5.41) is 14.3. The fraction of sp³-hybridized carbons (Fsp3) is 0.211. The number of nitrogens with one attached hydrogen (secondary N) is 3. The van der Waals surface area contributed by atoms with Gasteiger partial charge in [-0.3, -0.25) is 24.0 Å². The quantitative estimate of drug-likeness (QED) is 0.396. The van der Waals surface area contributed by atoms with Crippen molar-refractivity contribution in [3.05, 3.63) is 52.1 Å². The first kappa shape index (κ1) is 21.4. The summed E-state index contributed by atoms with van der Waals surface area (Å²) in [4.78, 5) is 37.1. The van der Waals surface area contributed by atoms with Gasteiger partial charge in [0.25, 0.3) is 5.91 Å². The third-order valence-electron chi connectivity index (χ3n) is 4.30. The van der Waals surface area contributed by atoms with Gasteiger partial charge in [-0.1, -0.05) is 18.2 Å². The number of primary amides is 1. The van der Waals surface area contributed by atoms with Gasteiger partial charge in [-0.15, -0.1) is 11.3 Å². The first-order valence-electron chi connectivity index (χ1n) is 9.05. The van der Waals surface area contributed by atoms with Gasteiger partial charge in [-0.25, -0.2) is 0 Å². The number of aromatic amines is 1. The maximum Gasteiger partial charge on any atom is 0.253 e. The molecule has 0 aliphatic heterocycles. The van der Waals surface area contributed by atoms with Crippen LogP contribution in [0.15, 0.2) is 41.8 Å². The summed E-state index contributed by atoms with van der Waals surface area (Å²) in [5.41, 5.74) is 5.71. The number of hydrogen-bond donors (Lipinski definition) is 4. The molecule has 2 heterocycles. The van der Waals surface area contributed by atoms with E-state index in [-0.39, 0.29) is 24.4 Å². The summed E-state index contributed by atoms with van der Waals surface area (Å²) >= 11 is 6.80. The van der Waals surface area contributed by atoms with Crippen LogP contribution in [0.3, 0.4) is 0 Å². The Labute approximate surface area is 181 Å². The molecule has 0 aliphatic rings. The average molecular weight is 445 g/mol. The van der Waals surface area contributed by atoms with E-state index >= 15 is 0 Å². The van der Waals surface area contributed by atoms with E-state index in [9.17, 15) is 14.4 Å². The van der Waals surface area contributed by atoms with Crippen molar-refractivity contribution in [3.63, 3.8) is 0 Å². The lowest BCUT2D eigenvalue weighted by Gasteiger charge is -2.17. The van der Waals surface area contributed by atoms with Gasteiger partial charge < -0.3 is 16.4 Å². The smallest absolute Gasteiger partial charge is 0.253 e. The highest BCUT2D eigenvalue weighted by Crippen LogP contribution is 2.26. The molecule has 2 aromatic heterocycles. The second-order valence-corrected chi connectivity index (χ2v) is 7.72. The number of anilines is 1. The van der Waals surface area contributed by atoms with Gasteiger partial charge in [-0.2, -0.15) is 5.10 Å². The van der Waals surface area contributed by atoms with E-state index < -0.39 is 17.9 Å². The molecule has 0 fully saturated rings. The first-order valence-corrected chi connectivity index (χ1v) is 10.3. The highest BCUT2D eigenvalue weighted by Gasteiger charge is 2.23. The third-order valence-corrected chi connectivity index (χ3v) is 5.45. The molecule has 0 spiro atoms. The third kappa shape index (κ3) is 4.81. The van der Waals surface area contributed by atoms with Crippen molar-refractivity contribution in [1.29, 1.82) is 0 Å². The summed E-state index contributed by atoms with van der Waals surface area (Å²) in [6.07, 6.45) is 0.0293. The SMILES string of the molecule is CC(C(=O)Nc1ccccc1C(=O)NCCC(N)=O)n1c(-c2cccs2)n[nH]c1=S. The summed E-state index contributed by atoms with van der Waals surface area (Å²) in [7, 11) is 0. The molecular formula is C19H20N6O3S2. The number of H-pyrrole nitrogens is 1. The average Bonchev–Trinajstić information content (AvgIpc) is 3.37. The van der Waals surface area contributed by atoms with Crippen LogP contribution >= 0.6 is 23.6 Å². The number of thiophene rings is 1. The molecule has 0 aliphatic carbocycles. The van der Waals surface area contributed by atoms with Crippen LogP contribution in [0.2, 0.25) is 0 Å².